The van der Waals surface area contributed by atoms with Gasteiger partial charge in [0.25, 0.3) is 0 Å². The van der Waals surface area contributed by atoms with E-state index in [9.17, 15) is 4.79 Å². The first-order chi connectivity index (χ1) is 7.22. The number of carbonyl (C=O) groups excluding carboxylic acids is 1. The van der Waals surface area contributed by atoms with Crippen LogP contribution in [0.4, 0.5) is 0 Å². The van der Waals surface area contributed by atoms with Crippen LogP contribution in [0.2, 0.25) is 0 Å². The molecule has 78 valence electrons. The van der Waals surface area contributed by atoms with E-state index in [1.165, 1.54) is 12.1 Å². The molecule has 0 aromatic heterocycles. The Hall–Kier alpha value is -1.53. The van der Waals surface area contributed by atoms with E-state index in [0.717, 1.165) is 0 Å². The number of hydrogen-bond acceptors (Lipinski definition) is 5. The molecule has 0 bridgehead atoms. The molecule has 5 nitrogen and oxygen atoms in total. The number of aldehydes is 1. The number of carbonyl (C=O) groups is 1. The molecule has 1 heterocycles. The summed E-state index contributed by atoms with van der Waals surface area (Å²) in [4.78, 5) is 10.7. The summed E-state index contributed by atoms with van der Waals surface area (Å²) in [7, 11) is -1.69. The number of rotatable bonds is 2. The van der Waals surface area contributed by atoms with E-state index in [2.05, 4.69) is 0 Å². The normalized spacial score (nSPS) is 13.5. The van der Waals surface area contributed by atoms with E-state index in [-0.39, 0.29) is 11.0 Å². The molecule has 1 aromatic rings. The highest BCUT2D eigenvalue weighted by Gasteiger charge is 2.21. The Balaban J connectivity index is 2.51. The SMILES string of the molecule is O=Cc1cc2c(cc1B(O)O)OCCO2. The summed E-state index contributed by atoms with van der Waals surface area (Å²) in [5.74, 6) is 0.878. The van der Waals surface area contributed by atoms with E-state index >= 15 is 0 Å². The minimum Gasteiger partial charge on any atom is -0.486 e. The summed E-state index contributed by atoms with van der Waals surface area (Å²) in [5, 5.41) is 18.1. The second kappa shape index (κ2) is 3.92. The Kier molecular flexibility index (Phi) is 2.61. The second-order valence-corrected chi connectivity index (χ2v) is 3.12. The number of ether oxygens (including phenoxy) is 2. The van der Waals surface area contributed by atoms with Gasteiger partial charge in [0, 0.05) is 5.56 Å². The molecule has 0 unspecified atom stereocenters. The minimum absolute atomic E-state index is 0.120. The van der Waals surface area contributed by atoms with Gasteiger partial charge in [0.05, 0.1) is 0 Å². The van der Waals surface area contributed by atoms with Crippen LogP contribution in [-0.2, 0) is 0 Å². The van der Waals surface area contributed by atoms with Crippen molar-refractivity contribution in [1.82, 2.24) is 0 Å². The maximum absolute atomic E-state index is 10.7. The zero-order valence-electron chi connectivity index (χ0n) is 7.84. The van der Waals surface area contributed by atoms with Crippen LogP contribution < -0.4 is 14.9 Å². The third-order valence-corrected chi connectivity index (χ3v) is 2.15. The van der Waals surface area contributed by atoms with Gasteiger partial charge in [0.2, 0.25) is 0 Å². The topological polar surface area (TPSA) is 76.0 Å². The third-order valence-electron chi connectivity index (χ3n) is 2.15. The van der Waals surface area contributed by atoms with Crippen molar-refractivity contribution in [3.05, 3.63) is 17.7 Å². The number of fused-ring (bicyclic) bond motifs is 1. The van der Waals surface area contributed by atoms with Crippen molar-refractivity contribution in [3.8, 4) is 11.5 Å². The molecule has 0 saturated carbocycles. The molecule has 2 rings (SSSR count). The van der Waals surface area contributed by atoms with Crippen molar-refractivity contribution >= 4 is 18.9 Å². The lowest BCUT2D eigenvalue weighted by atomic mass is 9.77. The lowest BCUT2D eigenvalue weighted by Crippen LogP contribution is -2.33. The van der Waals surface area contributed by atoms with Gasteiger partial charge < -0.3 is 19.5 Å². The van der Waals surface area contributed by atoms with Crippen molar-refractivity contribution in [3.63, 3.8) is 0 Å². The van der Waals surface area contributed by atoms with Crippen LogP contribution in [0.25, 0.3) is 0 Å². The zero-order valence-corrected chi connectivity index (χ0v) is 7.84. The molecule has 2 N–H and O–H groups in total. The smallest absolute Gasteiger partial charge is 0.486 e. The standard InChI is InChI=1S/C9H9BO5/c11-5-6-3-8-9(15-2-1-14-8)4-7(6)10(12)13/h3-5,12-13H,1-2H2. The van der Waals surface area contributed by atoms with Gasteiger partial charge in [-0.15, -0.1) is 0 Å². The number of benzene rings is 1. The van der Waals surface area contributed by atoms with E-state index in [1.54, 1.807) is 0 Å². The summed E-state index contributed by atoms with van der Waals surface area (Å²) in [6.07, 6.45) is 0.549. The molecule has 1 aliphatic rings. The highest BCUT2D eigenvalue weighted by molar-refractivity contribution is 6.60. The lowest BCUT2D eigenvalue weighted by molar-refractivity contribution is 0.112. The first-order valence-electron chi connectivity index (χ1n) is 4.47. The van der Waals surface area contributed by atoms with E-state index in [0.29, 0.717) is 31.0 Å². The van der Waals surface area contributed by atoms with Crippen LogP contribution in [0.15, 0.2) is 12.1 Å². The third kappa shape index (κ3) is 1.81. The van der Waals surface area contributed by atoms with Crippen LogP contribution in [-0.4, -0.2) is 36.7 Å². The largest absolute Gasteiger partial charge is 0.489 e. The Bertz CT molecular complexity index is 390. The van der Waals surface area contributed by atoms with E-state index < -0.39 is 7.12 Å². The molecule has 1 aromatic carbocycles. The van der Waals surface area contributed by atoms with Gasteiger partial charge in [-0.2, -0.15) is 0 Å². The average Bonchev–Trinajstić information content (AvgIpc) is 2.27. The highest BCUT2D eigenvalue weighted by Crippen LogP contribution is 2.29. The first kappa shape index (κ1) is 10.0. The van der Waals surface area contributed by atoms with E-state index in [4.69, 9.17) is 19.5 Å². The summed E-state index contributed by atoms with van der Waals surface area (Å²) in [5.41, 5.74) is 0.309. The van der Waals surface area contributed by atoms with Crippen molar-refractivity contribution in [2.75, 3.05) is 13.2 Å². The van der Waals surface area contributed by atoms with Gasteiger partial charge in [0.1, 0.15) is 19.5 Å². The molecule has 0 fully saturated rings. The fraction of sp³-hybridized carbons (Fsp3) is 0.222. The molecule has 1 aliphatic heterocycles. The zero-order chi connectivity index (χ0) is 10.8. The van der Waals surface area contributed by atoms with Crippen molar-refractivity contribution in [2.24, 2.45) is 0 Å². The van der Waals surface area contributed by atoms with Gasteiger partial charge in [-0.05, 0) is 17.6 Å². The van der Waals surface area contributed by atoms with Crippen LogP contribution in [0.5, 0.6) is 11.5 Å². The maximum atomic E-state index is 10.7. The van der Waals surface area contributed by atoms with Crippen LogP contribution in [0, 0.1) is 0 Å². The summed E-state index contributed by atoms with van der Waals surface area (Å²) in [6, 6.07) is 2.85. The summed E-state index contributed by atoms with van der Waals surface area (Å²) in [6.45, 7) is 0.834. The van der Waals surface area contributed by atoms with E-state index in [1.807, 2.05) is 0 Å². The Morgan fingerprint density at radius 3 is 2.33 bits per heavy atom. The number of hydrogen-bond donors (Lipinski definition) is 2. The Labute approximate surface area is 86.4 Å². The second-order valence-electron chi connectivity index (χ2n) is 3.12. The molecule has 0 spiro atoms. The van der Waals surface area contributed by atoms with Gasteiger partial charge in [-0.1, -0.05) is 0 Å². The quantitative estimate of drug-likeness (QED) is 0.479. The fourth-order valence-corrected chi connectivity index (χ4v) is 1.45. The molecule has 0 radical (unpaired) electrons. The monoisotopic (exact) mass is 208 g/mol. The first-order valence-corrected chi connectivity index (χ1v) is 4.47. The molecular weight excluding hydrogens is 199 g/mol. The molecule has 6 heteroatoms. The molecule has 0 aliphatic carbocycles. The van der Waals surface area contributed by atoms with Gasteiger partial charge in [-0.3, -0.25) is 4.79 Å². The predicted octanol–water partition coefficient (Wildman–Crippen LogP) is -1.05. The predicted molar refractivity (Wildman–Crippen MR) is 52.6 cm³/mol. The van der Waals surface area contributed by atoms with Gasteiger partial charge >= 0.3 is 7.12 Å². The Morgan fingerprint density at radius 2 is 1.80 bits per heavy atom. The van der Waals surface area contributed by atoms with Crippen molar-refractivity contribution in [1.29, 1.82) is 0 Å². The molecule has 0 saturated heterocycles. The fourth-order valence-electron chi connectivity index (χ4n) is 1.45. The summed E-state index contributed by atoms with van der Waals surface area (Å²) < 4.78 is 10.5. The van der Waals surface area contributed by atoms with Crippen molar-refractivity contribution < 1.29 is 24.3 Å². The minimum atomic E-state index is -1.69. The van der Waals surface area contributed by atoms with Crippen LogP contribution >= 0.6 is 0 Å². The van der Waals surface area contributed by atoms with Gasteiger partial charge in [-0.25, -0.2) is 0 Å². The average molecular weight is 208 g/mol. The molecule has 0 atom stereocenters. The van der Waals surface area contributed by atoms with Crippen LogP contribution in [0.1, 0.15) is 10.4 Å². The molecular formula is C9H9BO5. The van der Waals surface area contributed by atoms with Gasteiger partial charge in [0.15, 0.2) is 11.5 Å². The van der Waals surface area contributed by atoms with Crippen LogP contribution in [0.3, 0.4) is 0 Å². The summed E-state index contributed by atoms with van der Waals surface area (Å²) >= 11 is 0. The molecule has 0 amide bonds. The lowest BCUT2D eigenvalue weighted by Gasteiger charge is -2.19. The Morgan fingerprint density at radius 1 is 1.20 bits per heavy atom. The highest BCUT2D eigenvalue weighted by atomic mass is 16.6. The maximum Gasteiger partial charge on any atom is 0.489 e. The molecule has 15 heavy (non-hydrogen) atoms. The van der Waals surface area contributed by atoms with Crippen molar-refractivity contribution in [2.45, 2.75) is 0 Å².